The van der Waals surface area contributed by atoms with Gasteiger partial charge in [0.25, 0.3) is 5.19 Å². The number of methoxy groups -OCH3 is 1. The Kier molecular flexibility index (Phi) is 3.05. The van der Waals surface area contributed by atoms with E-state index < -0.39 is 0 Å². The number of hydrogen-bond donors (Lipinski definition) is 1. The molecule has 0 saturated carbocycles. The van der Waals surface area contributed by atoms with E-state index in [1.165, 1.54) is 4.88 Å². The van der Waals surface area contributed by atoms with Gasteiger partial charge in [-0.3, -0.25) is 0 Å². The van der Waals surface area contributed by atoms with Crippen molar-refractivity contribution in [2.75, 3.05) is 13.7 Å². The highest BCUT2D eigenvalue weighted by Crippen LogP contribution is 2.29. The van der Waals surface area contributed by atoms with Gasteiger partial charge in [-0.25, -0.2) is 4.98 Å². The molecule has 1 heterocycles. The second-order valence-corrected chi connectivity index (χ2v) is 3.76. The zero-order valence-electron chi connectivity index (χ0n) is 7.63. The molecule has 4 heteroatoms. The summed E-state index contributed by atoms with van der Waals surface area (Å²) in [6.45, 7) is 4.74. The smallest absolute Gasteiger partial charge is 0.273 e. The minimum Gasteiger partial charge on any atom is -0.473 e. The van der Waals surface area contributed by atoms with Gasteiger partial charge in [-0.15, -0.1) is 0 Å². The van der Waals surface area contributed by atoms with Crippen molar-refractivity contribution in [3.8, 4) is 5.19 Å². The monoisotopic (exact) mass is 186 g/mol. The average Bonchev–Trinajstić information content (AvgIpc) is 2.45. The van der Waals surface area contributed by atoms with E-state index in [1.807, 2.05) is 6.92 Å². The molecule has 68 valence electrons. The Labute approximate surface area is 76.6 Å². The maximum atomic E-state index is 5.56. The van der Waals surface area contributed by atoms with Crippen LogP contribution in [0.3, 0.4) is 0 Å². The van der Waals surface area contributed by atoms with Gasteiger partial charge in [-0.1, -0.05) is 18.3 Å². The van der Waals surface area contributed by atoms with Crippen LogP contribution in [0.5, 0.6) is 5.19 Å². The molecule has 0 fully saturated rings. The van der Waals surface area contributed by atoms with Gasteiger partial charge in [0, 0.05) is 10.8 Å². The molecule has 1 unspecified atom stereocenters. The summed E-state index contributed by atoms with van der Waals surface area (Å²) in [5.74, 6) is 0.381. The van der Waals surface area contributed by atoms with Crippen LogP contribution in [0.4, 0.5) is 0 Å². The molecule has 1 aromatic rings. The Morgan fingerprint density at radius 1 is 1.67 bits per heavy atom. The second-order valence-electron chi connectivity index (χ2n) is 2.77. The van der Waals surface area contributed by atoms with E-state index in [0.29, 0.717) is 12.5 Å². The molecule has 0 aromatic carbocycles. The number of aryl methyl sites for hydroxylation is 1. The largest absolute Gasteiger partial charge is 0.473 e. The lowest BCUT2D eigenvalue weighted by Crippen LogP contribution is -2.08. The quantitative estimate of drug-likeness (QED) is 0.778. The van der Waals surface area contributed by atoms with E-state index in [1.54, 1.807) is 18.4 Å². The lowest BCUT2D eigenvalue weighted by molar-refractivity contribution is 0.411. The molecule has 1 atom stereocenters. The number of nitrogens with two attached hydrogens (primary N) is 1. The number of hydrogen-bond acceptors (Lipinski definition) is 4. The second kappa shape index (κ2) is 3.87. The topological polar surface area (TPSA) is 48.1 Å². The number of rotatable bonds is 3. The third-order valence-electron chi connectivity index (χ3n) is 1.79. The fourth-order valence-electron chi connectivity index (χ4n) is 1.03. The molecule has 0 saturated heterocycles. The highest BCUT2D eigenvalue weighted by atomic mass is 32.1. The summed E-state index contributed by atoms with van der Waals surface area (Å²) in [6, 6.07) is 0. The zero-order chi connectivity index (χ0) is 9.14. The van der Waals surface area contributed by atoms with Crippen LogP contribution in [0.25, 0.3) is 0 Å². The minimum absolute atomic E-state index is 0.381. The van der Waals surface area contributed by atoms with Gasteiger partial charge in [0.05, 0.1) is 12.8 Å². The van der Waals surface area contributed by atoms with Crippen LogP contribution >= 0.6 is 11.3 Å². The molecule has 0 spiro atoms. The molecule has 0 aliphatic heterocycles. The zero-order valence-corrected chi connectivity index (χ0v) is 8.44. The SMILES string of the molecule is COc1nc(C)c(C(C)CN)s1. The van der Waals surface area contributed by atoms with Gasteiger partial charge in [0.15, 0.2) is 0 Å². The molecular weight excluding hydrogens is 172 g/mol. The molecule has 0 amide bonds. The Bertz CT molecular complexity index is 260. The van der Waals surface area contributed by atoms with Crippen molar-refractivity contribution in [2.24, 2.45) is 5.73 Å². The number of ether oxygens (including phenoxy) is 1. The average molecular weight is 186 g/mol. The molecule has 0 aliphatic rings. The van der Waals surface area contributed by atoms with Crippen LogP contribution in [0.15, 0.2) is 0 Å². The summed E-state index contributed by atoms with van der Waals surface area (Å²) < 4.78 is 5.04. The van der Waals surface area contributed by atoms with Crippen molar-refractivity contribution >= 4 is 11.3 Å². The first kappa shape index (κ1) is 9.48. The summed E-state index contributed by atoms with van der Waals surface area (Å²) in [4.78, 5) is 5.47. The van der Waals surface area contributed by atoms with E-state index >= 15 is 0 Å². The Morgan fingerprint density at radius 3 is 2.75 bits per heavy atom. The summed E-state index contributed by atoms with van der Waals surface area (Å²) in [5, 5.41) is 0.725. The summed E-state index contributed by atoms with van der Waals surface area (Å²) in [5.41, 5.74) is 6.60. The fourth-order valence-corrected chi connectivity index (χ4v) is 1.98. The molecule has 1 aromatic heterocycles. The Morgan fingerprint density at radius 2 is 2.33 bits per heavy atom. The lowest BCUT2D eigenvalue weighted by atomic mass is 10.1. The van der Waals surface area contributed by atoms with Crippen molar-refractivity contribution in [3.05, 3.63) is 10.6 Å². The normalized spacial score (nSPS) is 13.0. The van der Waals surface area contributed by atoms with Gasteiger partial charge in [0.1, 0.15) is 0 Å². The van der Waals surface area contributed by atoms with Crippen LogP contribution in [0.2, 0.25) is 0 Å². The standard InChI is InChI=1S/C8H14N2OS/c1-5(4-9)7-6(2)10-8(11-3)12-7/h5H,4,9H2,1-3H3. The van der Waals surface area contributed by atoms with Gasteiger partial charge >= 0.3 is 0 Å². The number of nitrogens with zero attached hydrogens (tertiary/aromatic N) is 1. The highest BCUT2D eigenvalue weighted by molar-refractivity contribution is 7.13. The van der Waals surface area contributed by atoms with E-state index in [9.17, 15) is 0 Å². The predicted octanol–water partition coefficient (Wildman–Crippen LogP) is 1.52. The van der Waals surface area contributed by atoms with E-state index in [2.05, 4.69) is 11.9 Å². The van der Waals surface area contributed by atoms with Gasteiger partial charge in [-0.05, 0) is 13.5 Å². The molecule has 0 bridgehead atoms. The van der Waals surface area contributed by atoms with Crippen molar-refractivity contribution in [1.82, 2.24) is 4.98 Å². The van der Waals surface area contributed by atoms with Crippen LogP contribution in [0.1, 0.15) is 23.4 Å². The van der Waals surface area contributed by atoms with Crippen molar-refractivity contribution in [2.45, 2.75) is 19.8 Å². The van der Waals surface area contributed by atoms with Crippen molar-refractivity contribution in [1.29, 1.82) is 0 Å². The molecular formula is C8H14N2OS. The fraction of sp³-hybridized carbons (Fsp3) is 0.625. The first-order chi connectivity index (χ1) is 5.69. The van der Waals surface area contributed by atoms with Gasteiger partial charge in [-0.2, -0.15) is 0 Å². The van der Waals surface area contributed by atoms with Gasteiger partial charge < -0.3 is 10.5 Å². The van der Waals surface area contributed by atoms with Crippen LogP contribution < -0.4 is 10.5 Å². The number of thiazole rings is 1. The molecule has 12 heavy (non-hydrogen) atoms. The van der Waals surface area contributed by atoms with E-state index in [4.69, 9.17) is 10.5 Å². The molecule has 0 aliphatic carbocycles. The number of aromatic nitrogens is 1. The molecule has 3 nitrogen and oxygen atoms in total. The van der Waals surface area contributed by atoms with E-state index in [-0.39, 0.29) is 0 Å². The summed E-state index contributed by atoms with van der Waals surface area (Å²) in [7, 11) is 1.63. The maximum absolute atomic E-state index is 5.56. The Balaban J connectivity index is 2.91. The minimum atomic E-state index is 0.381. The van der Waals surface area contributed by atoms with Gasteiger partial charge in [0.2, 0.25) is 0 Å². The molecule has 0 radical (unpaired) electrons. The van der Waals surface area contributed by atoms with Crippen molar-refractivity contribution in [3.63, 3.8) is 0 Å². The highest BCUT2D eigenvalue weighted by Gasteiger charge is 2.12. The lowest BCUT2D eigenvalue weighted by Gasteiger charge is -2.04. The predicted molar refractivity (Wildman–Crippen MR) is 50.9 cm³/mol. The molecule has 1 rings (SSSR count). The summed E-state index contributed by atoms with van der Waals surface area (Å²) >= 11 is 1.58. The maximum Gasteiger partial charge on any atom is 0.273 e. The van der Waals surface area contributed by atoms with Crippen LogP contribution in [-0.4, -0.2) is 18.6 Å². The third-order valence-corrected chi connectivity index (χ3v) is 3.14. The first-order valence-electron chi connectivity index (χ1n) is 3.90. The third kappa shape index (κ3) is 1.76. The van der Waals surface area contributed by atoms with Crippen LogP contribution in [-0.2, 0) is 0 Å². The molecule has 2 N–H and O–H groups in total. The van der Waals surface area contributed by atoms with Crippen molar-refractivity contribution < 1.29 is 4.74 Å². The Hall–Kier alpha value is -0.610. The summed E-state index contributed by atoms with van der Waals surface area (Å²) in [6.07, 6.45) is 0. The van der Waals surface area contributed by atoms with Crippen LogP contribution in [0, 0.1) is 6.92 Å². The van der Waals surface area contributed by atoms with E-state index in [0.717, 1.165) is 10.9 Å². The first-order valence-corrected chi connectivity index (χ1v) is 4.72.